The summed E-state index contributed by atoms with van der Waals surface area (Å²) < 4.78 is 0. The molecule has 4 heteroatoms. The van der Waals surface area contributed by atoms with E-state index in [2.05, 4.69) is 46.5 Å². The van der Waals surface area contributed by atoms with Gasteiger partial charge in [0.25, 0.3) is 0 Å². The van der Waals surface area contributed by atoms with Crippen molar-refractivity contribution in [2.24, 2.45) is 10.8 Å². The van der Waals surface area contributed by atoms with Crippen molar-refractivity contribution in [3.63, 3.8) is 0 Å². The lowest BCUT2D eigenvalue weighted by molar-refractivity contribution is 0.400. The van der Waals surface area contributed by atoms with Gasteiger partial charge < -0.3 is 4.90 Å². The van der Waals surface area contributed by atoms with Gasteiger partial charge in [-0.3, -0.25) is 10.4 Å². The number of hydrazine groups is 1. The summed E-state index contributed by atoms with van der Waals surface area (Å²) >= 11 is 0. The summed E-state index contributed by atoms with van der Waals surface area (Å²) in [6.45, 7) is 4.83. The molecule has 0 bridgehead atoms. The fraction of sp³-hybridized carbons (Fsp3) is 0.500. The van der Waals surface area contributed by atoms with Crippen LogP contribution in [0.1, 0.15) is 30.9 Å². The predicted molar refractivity (Wildman–Crippen MR) is 75.1 cm³/mol. The lowest BCUT2D eigenvalue weighted by atomic mass is 10.0. The van der Waals surface area contributed by atoms with E-state index in [1.54, 1.807) is 0 Å². The zero-order valence-electron chi connectivity index (χ0n) is 11.0. The molecule has 3 N–H and O–H groups in total. The Hall–Kier alpha value is -1.55. The van der Waals surface area contributed by atoms with E-state index in [0.717, 1.165) is 44.9 Å². The minimum Gasteiger partial charge on any atom is -0.338 e. The quantitative estimate of drug-likeness (QED) is 0.361. The van der Waals surface area contributed by atoms with Gasteiger partial charge in [0.2, 0.25) is 5.96 Å². The van der Waals surface area contributed by atoms with Crippen LogP contribution in [0.25, 0.3) is 0 Å². The molecular weight excluding hydrogens is 224 g/mol. The molecule has 0 aliphatic carbocycles. The topological polar surface area (TPSA) is 53.6 Å². The molecule has 2 rings (SSSR count). The van der Waals surface area contributed by atoms with Gasteiger partial charge >= 0.3 is 0 Å². The first-order valence-corrected chi connectivity index (χ1v) is 6.68. The second-order valence-corrected chi connectivity index (χ2v) is 4.64. The zero-order chi connectivity index (χ0) is 12.8. The molecule has 0 spiro atoms. The Kier molecular flexibility index (Phi) is 4.59. The average molecular weight is 246 g/mol. The first-order valence-electron chi connectivity index (χ1n) is 6.68. The monoisotopic (exact) mass is 246 g/mol. The number of fused-ring (bicyclic) bond motifs is 1. The number of aryl methyl sites for hydroxylation is 1. The van der Waals surface area contributed by atoms with E-state index in [0.29, 0.717) is 0 Å². The van der Waals surface area contributed by atoms with Gasteiger partial charge in [0.05, 0.1) is 0 Å². The molecule has 0 amide bonds. The summed E-state index contributed by atoms with van der Waals surface area (Å²) in [6, 6.07) is 8.63. The van der Waals surface area contributed by atoms with Crippen molar-refractivity contribution in [3.8, 4) is 0 Å². The van der Waals surface area contributed by atoms with Crippen molar-refractivity contribution >= 4 is 5.96 Å². The van der Waals surface area contributed by atoms with Crippen LogP contribution < -0.4 is 11.3 Å². The number of guanidine groups is 1. The van der Waals surface area contributed by atoms with E-state index < -0.39 is 0 Å². The second kappa shape index (κ2) is 6.40. The highest BCUT2D eigenvalue weighted by molar-refractivity contribution is 5.79. The fourth-order valence-electron chi connectivity index (χ4n) is 2.34. The molecule has 1 aliphatic heterocycles. The maximum absolute atomic E-state index is 5.59. The van der Waals surface area contributed by atoms with Crippen molar-refractivity contribution < 1.29 is 0 Å². The number of nitrogens with zero attached hydrogens (tertiary/aromatic N) is 2. The normalized spacial score (nSPS) is 16.1. The predicted octanol–water partition coefficient (Wildman–Crippen LogP) is 1.66. The van der Waals surface area contributed by atoms with Gasteiger partial charge in [-0.1, -0.05) is 31.2 Å². The average Bonchev–Trinajstić information content (AvgIpc) is 2.62. The van der Waals surface area contributed by atoms with Gasteiger partial charge in [-0.25, -0.2) is 5.84 Å². The SMILES string of the molecule is CCCN=C(NN)N1CCCc2ccccc2C1. The number of nitrogens with two attached hydrogens (primary N) is 1. The summed E-state index contributed by atoms with van der Waals surface area (Å²) in [7, 11) is 0. The van der Waals surface area contributed by atoms with E-state index in [9.17, 15) is 0 Å². The highest BCUT2D eigenvalue weighted by atomic mass is 15.4. The van der Waals surface area contributed by atoms with Crippen molar-refractivity contribution in [2.45, 2.75) is 32.7 Å². The molecule has 0 atom stereocenters. The molecule has 4 nitrogen and oxygen atoms in total. The van der Waals surface area contributed by atoms with E-state index >= 15 is 0 Å². The minimum absolute atomic E-state index is 0.813. The Labute approximate surface area is 109 Å². The van der Waals surface area contributed by atoms with Gasteiger partial charge in [-0.05, 0) is 30.4 Å². The maximum atomic E-state index is 5.59. The smallest absolute Gasteiger partial charge is 0.208 e. The molecule has 0 saturated heterocycles. The van der Waals surface area contributed by atoms with Crippen molar-refractivity contribution in [3.05, 3.63) is 35.4 Å². The van der Waals surface area contributed by atoms with Gasteiger partial charge in [0.15, 0.2) is 0 Å². The van der Waals surface area contributed by atoms with Crippen LogP contribution in [0, 0.1) is 0 Å². The van der Waals surface area contributed by atoms with Crippen LogP contribution in [-0.2, 0) is 13.0 Å². The lowest BCUT2D eigenvalue weighted by Gasteiger charge is -2.24. The van der Waals surface area contributed by atoms with Crippen LogP contribution >= 0.6 is 0 Å². The summed E-state index contributed by atoms with van der Waals surface area (Å²) in [6.07, 6.45) is 3.32. The van der Waals surface area contributed by atoms with Crippen molar-refractivity contribution in [2.75, 3.05) is 13.1 Å². The second-order valence-electron chi connectivity index (χ2n) is 4.64. The van der Waals surface area contributed by atoms with Crippen LogP contribution in [0.4, 0.5) is 0 Å². The molecule has 0 aromatic heterocycles. The van der Waals surface area contributed by atoms with Gasteiger partial charge in [-0.2, -0.15) is 0 Å². The molecule has 0 fully saturated rings. The van der Waals surface area contributed by atoms with E-state index in [4.69, 9.17) is 5.84 Å². The van der Waals surface area contributed by atoms with Gasteiger partial charge in [0, 0.05) is 19.6 Å². The molecule has 1 aromatic rings. The number of nitrogens with one attached hydrogen (secondary N) is 1. The number of aliphatic imine (C=N–C) groups is 1. The molecule has 98 valence electrons. The Balaban J connectivity index is 2.16. The zero-order valence-corrected chi connectivity index (χ0v) is 11.0. The molecule has 1 aromatic carbocycles. The first-order chi connectivity index (χ1) is 8.85. The first kappa shape index (κ1) is 12.9. The lowest BCUT2D eigenvalue weighted by Crippen LogP contribution is -2.44. The molecule has 1 aliphatic rings. The van der Waals surface area contributed by atoms with Crippen LogP contribution in [0.15, 0.2) is 29.3 Å². The van der Waals surface area contributed by atoms with Crippen molar-refractivity contribution in [1.29, 1.82) is 0 Å². The largest absolute Gasteiger partial charge is 0.338 e. The number of rotatable bonds is 2. The van der Waals surface area contributed by atoms with E-state index in [1.807, 2.05) is 0 Å². The molecule has 1 heterocycles. The molecular formula is C14H22N4. The number of benzene rings is 1. The Morgan fingerprint density at radius 1 is 1.39 bits per heavy atom. The summed E-state index contributed by atoms with van der Waals surface area (Å²) in [4.78, 5) is 6.74. The Bertz CT molecular complexity index is 414. The summed E-state index contributed by atoms with van der Waals surface area (Å²) in [5, 5.41) is 0. The number of hydrogen-bond donors (Lipinski definition) is 2. The van der Waals surface area contributed by atoms with Gasteiger partial charge in [0.1, 0.15) is 0 Å². The minimum atomic E-state index is 0.813. The highest BCUT2D eigenvalue weighted by Gasteiger charge is 2.16. The van der Waals surface area contributed by atoms with Crippen LogP contribution in [0.2, 0.25) is 0 Å². The van der Waals surface area contributed by atoms with E-state index in [-0.39, 0.29) is 0 Å². The summed E-state index contributed by atoms with van der Waals surface area (Å²) in [5.74, 6) is 6.41. The molecule has 0 unspecified atom stereocenters. The Morgan fingerprint density at radius 2 is 2.17 bits per heavy atom. The molecule has 0 saturated carbocycles. The molecule has 18 heavy (non-hydrogen) atoms. The fourth-order valence-corrected chi connectivity index (χ4v) is 2.34. The van der Waals surface area contributed by atoms with Crippen LogP contribution in [0.5, 0.6) is 0 Å². The third-order valence-electron chi connectivity index (χ3n) is 3.27. The summed E-state index contributed by atoms with van der Waals surface area (Å²) in [5.41, 5.74) is 5.58. The van der Waals surface area contributed by atoms with Crippen molar-refractivity contribution in [1.82, 2.24) is 10.3 Å². The van der Waals surface area contributed by atoms with Crippen LogP contribution in [-0.4, -0.2) is 23.9 Å². The van der Waals surface area contributed by atoms with E-state index in [1.165, 1.54) is 11.1 Å². The Morgan fingerprint density at radius 3 is 2.89 bits per heavy atom. The highest BCUT2D eigenvalue weighted by Crippen LogP contribution is 2.18. The maximum Gasteiger partial charge on any atom is 0.208 e. The number of hydrogen-bond acceptors (Lipinski definition) is 2. The van der Waals surface area contributed by atoms with Gasteiger partial charge in [-0.15, -0.1) is 0 Å². The standard InChI is InChI=1S/C14H22N4/c1-2-9-16-14(17-15)18-10-5-8-12-6-3-4-7-13(12)11-18/h3-4,6-7H,2,5,8-11,15H2,1H3,(H,16,17). The third-order valence-corrected chi connectivity index (χ3v) is 3.27. The van der Waals surface area contributed by atoms with Crippen LogP contribution in [0.3, 0.4) is 0 Å². The third kappa shape index (κ3) is 3.01. The molecule has 0 radical (unpaired) electrons.